The lowest BCUT2D eigenvalue weighted by Gasteiger charge is -2.13. The van der Waals surface area contributed by atoms with Gasteiger partial charge in [0.05, 0.1) is 5.52 Å². The van der Waals surface area contributed by atoms with Gasteiger partial charge in [-0.1, -0.05) is 46.3 Å². The first-order valence-electron chi connectivity index (χ1n) is 8.43. The minimum Gasteiger partial charge on any atom is -0.493 e. The molecule has 0 unspecified atom stereocenters. The van der Waals surface area contributed by atoms with Gasteiger partial charge in [-0.05, 0) is 33.6 Å². The summed E-state index contributed by atoms with van der Waals surface area (Å²) >= 11 is 6.79. The lowest BCUT2D eigenvalue weighted by atomic mass is 9.88. The van der Waals surface area contributed by atoms with Crippen LogP contribution in [0, 0.1) is 5.92 Å². The quantitative estimate of drug-likeness (QED) is 0.359. The molecule has 4 rings (SSSR count). The van der Waals surface area contributed by atoms with Gasteiger partial charge in [0.15, 0.2) is 5.69 Å². The van der Waals surface area contributed by atoms with Gasteiger partial charge in [0, 0.05) is 26.8 Å². The molecule has 142 valence electrons. The summed E-state index contributed by atoms with van der Waals surface area (Å²) in [7, 11) is 0. The van der Waals surface area contributed by atoms with E-state index in [1.54, 1.807) is 6.07 Å². The van der Waals surface area contributed by atoms with E-state index in [-0.39, 0.29) is 23.4 Å². The second kappa shape index (κ2) is 7.48. The molecule has 7 nitrogen and oxygen atoms in total. The van der Waals surface area contributed by atoms with Gasteiger partial charge in [0.1, 0.15) is 5.92 Å². The van der Waals surface area contributed by atoms with Crippen LogP contribution in [0.3, 0.4) is 0 Å². The Morgan fingerprint density at radius 2 is 1.93 bits per heavy atom. The van der Waals surface area contributed by atoms with Crippen molar-refractivity contribution in [3.8, 4) is 5.88 Å². The third-order valence-electron chi connectivity index (χ3n) is 4.70. The fourth-order valence-corrected chi connectivity index (χ4v) is 4.70. The van der Waals surface area contributed by atoms with Crippen LogP contribution in [0.2, 0.25) is 0 Å². The number of nitrogens with zero attached hydrogens (tertiary/aromatic N) is 2. The average Bonchev–Trinajstić information content (AvgIpc) is 3.21. The Morgan fingerprint density at radius 1 is 1.18 bits per heavy atom. The molecule has 1 aromatic heterocycles. The van der Waals surface area contributed by atoms with Gasteiger partial charge < -0.3 is 15.4 Å². The van der Waals surface area contributed by atoms with Crippen molar-refractivity contribution in [2.45, 2.75) is 5.92 Å². The number of aromatic hydroxyl groups is 1. The van der Waals surface area contributed by atoms with Crippen molar-refractivity contribution < 1.29 is 14.7 Å². The number of carbonyl (C=O) groups excluding carboxylic acids is 2. The van der Waals surface area contributed by atoms with Crippen LogP contribution >= 0.6 is 31.9 Å². The fourth-order valence-electron chi connectivity index (χ4n) is 3.37. The highest BCUT2D eigenvalue weighted by atomic mass is 79.9. The number of benzene rings is 2. The number of rotatable bonds is 3. The Bertz CT molecular complexity index is 1110. The van der Waals surface area contributed by atoms with Gasteiger partial charge in [0.25, 0.3) is 5.91 Å². The fraction of sp³-hybridized carbons (Fsp3) is 0.158. The number of amides is 2. The van der Waals surface area contributed by atoms with Gasteiger partial charge in [-0.3, -0.25) is 9.59 Å². The molecule has 0 spiro atoms. The molecule has 0 bridgehead atoms. The molecule has 1 saturated heterocycles. The second-order valence-electron chi connectivity index (χ2n) is 6.41. The summed E-state index contributed by atoms with van der Waals surface area (Å²) in [4.78, 5) is 27.7. The molecule has 1 aliphatic rings. The second-order valence-corrected chi connectivity index (χ2v) is 8.18. The molecule has 28 heavy (non-hydrogen) atoms. The maximum Gasteiger partial charge on any atom is 0.277 e. The zero-order chi connectivity index (χ0) is 19.8. The number of hydrogen-bond acceptors (Lipinski definition) is 4. The highest BCUT2D eigenvalue weighted by molar-refractivity contribution is 9.11. The summed E-state index contributed by atoms with van der Waals surface area (Å²) in [5, 5.41) is 21.2. The molecule has 2 aromatic carbocycles. The first-order valence-corrected chi connectivity index (χ1v) is 10.0. The number of aromatic amines is 1. The molecule has 0 saturated carbocycles. The number of azo groups is 1. The largest absolute Gasteiger partial charge is 0.493 e. The number of nitrogens with one attached hydrogen (secondary N) is 2. The van der Waals surface area contributed by atoms with Crippen LogP contribution in [0.5, 0.6) is 5.88 Å². The van der Waals surface area contributed by atoms with E-state index in [1.165, 1.54) is 0 Å². The smallest absolute Gasteiger partial charge is 0.277 e. The van der Waals surface area contributed by atoms with Crippen molar-refractivity contribution in [1.82, 2.24) is 10.3 Å². The minimum atomic E-state index is -0.947. The Balaban J connectivity index is 1.66. The van der Waals surface area contributed by atoms with E-state index >= 15 is 0 Å². The topological polar surface area (TPSA) is 107 Å². The van der Waals surface area contributed by atoms with E-state index in [9.17, 15) is 14.7 Å². The minimum absolute atomic E-state index is 0.139. The Kier molecular flexibility index (Phi) is 5.03. The van der Waals surface area contributed by atoms with E-state index < -0.39 is 11.8 Å². The Labute approximate surface area is 176 Å². The van der Waals surface area contributed by atoms with Crippen molar-refractivity contribution in [3.05, 3.63) is 57.0 Å². The molecule has 2 heterocycles. The van der Waals surface area contributed by atoms with Gasteiger partial charge in [-0.2, -0.15) is 0 Å². The molecular weight excluding hydrogens is 492 g/mol. The highest BCUT2D eigenvalue weighted by Crippen LogP contribution is 2.40. The van der Waals surface area contributed by atoms with E-state index in [2.05, 4.69) is 52.4 Å². The molecule has 2 atom stereocenters. The monoisotopic (exact) mass is 504 g/mol. The van der Waals surface area contributed by atoms with Gasteiger partial charge in [-0.15, -0.1) is 10.2 Å². The van der Waals surface area contributed by atoms with E-state index in [4.69, 9.17) is 0 Å². The van der Waals surface area contributed by atoms with Crippen molar-refractivity contribution >= 4 is 60.3 Å². The van der Waals surface area contributed by atoms with Crippen LogP contribution in [0.1, 0.15) is 11.5 Å². The van der Waals surface area contributed by atoms with Crippen molar-refractivity contribution in [1.29, 1.82) is 0 Å². The number of fused-ring (bicyclic) bond motifs is 1. The number of hydrogen-bond donors (Lipinski definition) is 3. The lowest BCUT2D eigenvalue weighted by Crippen LogP contribution is -2.25. The van der Waals surface area contributed by atoms with E-state index in [1.807, 2.05) is 36.4 Å². The molecule has 1 aliphatic heterocycles. The first kappa shape index (κ1) is 18.8. The first-order chi connectivity index (χ1) is 13.5. The summed E-state index contributed by atoms with van der Waals surface area (Å²) in [6.07, 6.45) is 0. The number of halogens is 2. The summed E-state index contributed by atoms with van der Waals surface area (Å²) in [5.41, 5.74) is 1.65. The van der Waals surface area contributed by atoms with Gasteiger partial charge >= 0.3 is 0 Å². The third kappa shape index (κ3) is 3.35. The zero-order valence-electron chi connectivity index (χ0n) is 14.3. The van der Waals surface area contributed by atoms with Crippen molar-refractivity contribution in [2.75, 3.05) is 6.54 Å². The van der Waals surface area contributed by atoms with Gasteiger partial charge in [0.2, 0.25) is 11.8 Å². The predicted octanol–water partition coefficient (Wildman–Crippen LogP) is 4.54. The summed E-state index contributed by atoms with van der Waals surface area (Å²) in [5.74, 6) is -2.48. The SMILES string of the molecule is O=C(N=Nc1c(O)[nH]c2c(Br)cc(Br)cc12)[C@@H]1C(=O)NC[C@@H]1c1ccccc1. The van der Waals surface area contributed by atoms with Crippen LogP contribution in [-0.4, -0.2) is 28.4 Å². The zero-order valence-corrected chi connectivity index (χ0v) is 17.5. The molecule has 0 radical (unpaired) electrons. The number of aromatic nitrogens is 1. The molecule has 9 heteroatoms. The van der Waals surface area contributed by atoms with Crippen LogP contribution in [-0.2, 0) is 9.59 Å². The van der Waals surface area contributed by atoms with Crippen molar-refractivity contribution in [3.63, 3.8) is 0 Å². The molecule has 0 aliphatic carbocycles. The normalized spacial score (nSPS) is 19.4. The van der Waals surface area contributed by atoms with Crippen LogP contribution in [0.15, 0.2) is 61.6 Å². The highest BCUT2D eigenvalue weighted by Gasteiger charge is 2.41. The van der Waals surface area contributed by atoms with Crippen molar-refractivity contribution in [2.24, 2.45) is 16.1 Å². The summed E-state index contributed by atoms with van der Waals surface area (Å²) < 4.78 is 1.49. The molecular formula is C19H14Br2N4O3. The van der Waals surface area contributed by atoms with E-state index in [0.29, 0.717) is 17.4 Å². The molecule has 2 amide bonds. The third-order valence-corrected chi connectivity index (χ3v) is 5.78. The molecule has 3 aromatic rings. The Morgan fingerprint density at radius 3 is 2.68 bits per heavy atom. The Hall–Kier alpha value is -2.52. The predicted molar refractivity (Wildman–Crippen MR) is 111 cm³/mol. The number of carbonyl (C=O) groups is 2. The molecule has 3 N–H and O–H groups in total. The maximum absolute atomic E-state index is 12.7. The maximum atomic E-state index is 12.7. The lowest BCUT2D eigenvalue weighted by molar-refractivity contribution is -0.131. The average molecular weight is 506 g/mol. The summed E-state index contributed by atoms with van der Waals surface area (Å²) in [6, 6.07) is 12.9. The standard InChI is InChI=1S/C19H14Br2N4O3/c20-10-6-11-15(13(21)7-10)23-19(28)16(11)24-25-18(27)14-12(8-22-17(14)26)9-4-2-1-3-5-9/h1-7,12,14,23,28H,8H2,(H,22,26)/t12-,14+/m1/s1. The van der Waals surface area contributed by atoms with E-state index in [0.717, 1.165) is 14.5 Å². The van der Waals surface area contributed by atoms with Crippen LogP contribution in [0.4, 0.5) is 5.69 Å². The number of H-pyrrole nitrogens is 1. The van der Waals surface area contributed by atoms with Crippen LogP contribution in [0.25, 0.3) is 10.9 Å². The summed E-state index contributed by atoms with van der Waals surface area (Å²) in [6.45, 7) is 0.368. The molecule has 1 fully saturated rings. The van der Waals surface area contributed by atoms with Gasteiger partial charge in [-0.25, -0.2) is 0 Å². The van der Waals surface area contributed by atoms with Crippen LogP contribution < -0.4 is 5.32 Å².